The number of phenols is 1. The summed E-state index contributed by atoms with van der Waals surface area (Å²) in [6, 6.07) is 18.9. The number of hydrogen-bond acceptors (Lipinski definition) is 6. The molecule has 0 spiro atoms. The fourth-order valence-electron chi connectivity index (χ4n) is 4.80. The van der Waals surface area contributed by atoms with Gasteiger partial charge in [-0.3, -0.25) is 19.3 Å². The van der Waals surface area contributed by atoms with Crippen LogP contribution in [0.4, 0.5) is 10.5 Å². The lowest BCUT2D eigenvalue weighted by atomic mass is 10.2. The van der Waals surface area contributed by atoms with E-state index in [1.807, 2.05) is 66.9 Å². The quantitative estimate of drug-likeness (QED) is 0.512. The molecule has 37 heavy (non-hydrogen) atoms. The van der Waals surface area contributed by atoms with E-state index in [9.17, 15) is 19.5 Å². The predicted molar refractivity (Wildman–Crippen MR) is 145 cm³/mol. The van der Waals surface area contributed by atoms with Gasteiger partial charge in [-0.25, -0.2) is 0 Å². The number of rotatable bonds is 5. The van der Waals surface area contributed by atoms with Crippen molar-refractivity contribution < 1.29 is 19.5 Å². The van der Waals surface area contributed by atoms with Gasteiger partial charge in [-0.1, -0.05) is 18.2 Å². The predicted octanol–water partition coefficient (Wildman–Crippen LogP) is 4.18. The van der Waals surface area contributed by atoms with Crippen molar-refractivity contribution in [2.45, 2.75) is 13.8 Å². The number of aryl methyl sites for hydroxylation is 1. The zero-order valence-electron chi connectivity index (χ0n) is 20.8. The molecular formula is C28H28N4O4S. The van der Waals surface area contributed by atoms with Crippen LogP contribution < -0.4 is 4.90 Å². The van der Waals surface area contributed by atoms with Crippen molar-refractivity contribution in [3.63, 3.8) is 0 Å². The van der Waals surface area contributed by atoms with E-state index in [2.05, 4.69) is 4.90 Å². The molecule has 1 N–H and O–H groups in total. The maximum Gasteiger partial charge on any atom is 0.294 e. The molecule has 8 nitrogen and oxygen atoms in total. The first-order valence-corrected chi connectivity index (χ1v) is 12.9. The van der Waals surface area contributed by atoms with Crippen LogP contribution in [0.15, 0.2) is 65.6 Å². The van der Waals surface area contributed by atoms with Crippen molar-refractivity contribution in [1.82, 2.24) is 14.4 Å². The van der Waals surface area contributed by atoms with Gasteiger partial charge in [-0.05, 0) is 79.7 Å². The summed E-state index contributed by atoms with van der Waals surface area (Å²) >= 11 is 0.862. The fraction of sp³-hybridized carbons (Fsp3) is 0.250. The van der Waals surface area contributed by atoms with Crippen LogP contribution in [0.25, 0.3) is 11.8 Å². The zero-order chi connectivity index (χ0) is 26.1. The number of aromatic nitrogens is 1. The Morgan fingerprint density at radius 2 is 1.62 bits per heavy atom. The average Bonchev–Trinajstić information content (AvgIpc) is 3.33. The van der Waals surface area contributed by atoms with Gasteiger partial charge in [0, 0.05) is 48.9 Å². The Bertz CT molecular complexity index is 1370. The second-order valence-corrected chi connectivity index (χ2v) is 10.1. The number of thioether (sulfide) groups is 1. The topological polar surface area (TPSA) is 86.1 Å². The standard InChI is InChI=1S/C28H28N4O4S/c1-19-16-21(20(2)32(19)23-8-10-24(33)11-9-23)17-25-27(35)31(28(36)37-25)18-26(34)30-14-12-29(13-15-30)22-6-4-3-5-7-22/h3-11,16-17,33H,12-15,18H2,1-2H3/b25-17+. The molecule has 0 radical (unpaired) electrons. The van der Waals surface area contributed by atoms with Crippen LogP contribution in [-0.4, -0.2) is 69.3 Å². The van der Waals surface area contributed by atoms with Crippen LogP contribution in [0, 0.1) is 13.8 Å². The number of benzene rings is 2. The molecule has 0 aliphatic carbocycles. The molecule has 9 heteroatoms. The molecular weight excluding hydrogens is 488 g/mol. The number of amides is 3. The molecule has 5 rings (SSSR count). The van der Waals surface area contributed by atoms with Gasteiger partial charge in [-0.2, -0.15) is 0 Å². The van der Waals surface area contributed by atoms with Crippen LogP contribution in [0.1, 0.15) is 17.0 Å². The zero-order valence-corrected chi connectivity index (χ0v) is 21.6. The van der Waals surface area contributed by atoms with Crippen molar-refractivity contribution in [2.75, 3.05) is 37.6 Å². The third kappa shape index (κ3) is 4.99. The number of nitrogens with zero attached hydrogens (tertiary/aromatic N) is 4. The Hall–Kier alpha value is -3.98. The SMILES string of the molecule is Cc1cc(/C=C2/SC(=O)N(CC(=O)N3CCN(c4ccccc4)CC3)C2=O)c(C)n1-c1ccc(O)cc1. The molecule has 0 atom stereocenters. The highest BCUT2D eigenvalue weighted by Crippen LogP contribution is 2.34. The molecule has 0 bridgehead atoms. The number of carbonyl (C=O) groups is 3. The summed E-state index contributed by atoms with van der Waals surface area (Å²) in [4.78, 5) is 44.0. The largest absolute Gasteiger partial charge is 0.508 e. The van der Waals surface area contributed by atoms with E-state index in [4.69, 9.17) is 0 Å². The van der Waals surface area contributed by atoms with E-state index >= 15 is 0 Å². The fourth-order valence-corrected chi connectivity index (χ4v) is 5.63. The van der Waals surface area contributed by atoms with Gasteiger partial charge < -0.3 is 19.5 Å². The van der Waals surface area contributed by atoms with Crippen molar-refractivity contribution in [3.05, 3.63) is 82.5 Å². The van der Waals surface area contributed by atoms with Crippen molar-refractivity contribution in [2.24, 2.45) is 0 Å². The molecule has 2 aliphatic heterocycles. The van der Waals surface area contributed by atoms with Crippen LogP contribution >= 0.6 is 11.8 Å². The average molecular weight is 517 g/mol. The number of aromatic hydroxyl groups is 1. The molecule has 2 fully saturated rings. The van der Waals surface area contributed by atoms with Gasteiger partial charge in [0.1, 0.15) is 12.3 Å². The van der Waals surface area contributed by atoms with E-state index in [1.54, 1.807) is 23.1 Å². The Morgan fingerprint density at radius 1 is 0.946 bits per heavy atom. The number of anilines is 1. The third-order valence-corrected chi connectivity index (χ3v) is 7.69. The Labute approximate surface area is 219 Å². The maximum absolute atomic E-state index is 13.1. The molecule has 0 saturated carbocycles. The number of imide groups is 1. The molecule has 3 heterocycles. The Kier molecular flexibility index (Phi) is 6.80. The highest BCUT2D eigenvalue weighted by Gasteiger charge is 2.37. The van der Waals surface area contributed by atoms with Gasteiger partial charge in [0.25, 0.3) is 11.1 Å². The molecule has 0 unspecified atom stereocenters. The highest BCUT2D eigenvalue weighted by atomic mass is 32.2. The molecule has 2 saturated heterocycles. The van der Waals surface area contributed by atoms with Crippen LogP contribution in [0.2, 0.25) is 0 Å². The first-order valence-electron chi connectivity index (χ1n) is 12.1. The van der Waals surface area contributed by atoms with Gasteiger partial charge in [0.2, 0.25) is 5.91 Å². The molecule has 2 aromatic carbocycles. The Morgan fingerprint density at radius 3 is 2.30 bits per heavy atom. The summed E-state index contributed by atoms with van der Waals surface area (Å²) in [5.41, 5.74) is 4.69. The van der Waals surface area contributed by atoms with E-state index in [-0.39, 0.29) is 18.2 Å². The van der Waals surface area contributed by atoms with Crippen molar-refractivity contribution >= 4 is 40.6 Å². The normalized spacial score (nSPS) is 17.2. The first kappa shape index (κ1) is 24.7. The second-order valence-electron chi connectivity index (χ2n) is 9.15. The lowest BCUT2D eigenvalue weighted by Crippen LogP contribution is -2.51. The second kappa shape index (κ2) is 10.2. The van der Waals surface area contributed by atoms with E-state index in [0.29, 0.717) is 31.1 Å². The number of carbonyl (C=O) groups excluding carboxylic acids is 3. The van der Waals surface area contributed by atoms with Crippen LogP contribution in [0.5, 0.6) is 5.75 Å². The summed E-state index contributed by atoms with van der Waals surface area (Å²) in [7, 11) is 0. The van der Waals surface area contributed by atoms with E-state index < -0.39 is 11.1 Å². The lowest BCUT2D eigenvalue weighted by Gasteiger charge is -2.36. The summed E-state index contributed by atoms with van der Waals surface area (Å²) in [5, 5.41) is 9.17. The summed E-state index contributed by atoms with van der Waals surface area (Å²) in [5.74, 6) is -0.477. The third-order valence-electron chi connectivity index (χ3n) is 6.79. The van der Waals surface area contributed by atoms with E-state index in [1.165, 1.54) is 0 Å². The van der Waals surface area contributed by atoms with Crippen molar-refractivity contribution in [1.29, 1.82) is 0 Å². The number of phenolic OH excluding ortho intramolecular Hbond substituents is 1. The lowest BCUT2D eigenvalue weighted by molar-refractivity contribution is -0.136. The first-order chi connectivity index (χ1) is 17.8. The monoisotopic (exact) mass is 516 g/mol. The van der Waals surface area contributed by atoms with Gasteiger partial charge in [-0.15, -0.1) is 0 Å². The molecule has 190 valence electrons. The van der Waals surface area contributed by atoms with Gasteiger partial charge in [0.05, 0.1) is 4.91 Å². The minimum absolute atomic E-state index is 0.188. The smallest absolute Gasteiger partial charge is 0.294 e. The highest BCUT2D eigenvalue weighted by molar-refractivity contribution is 8.18. The molecule has 2 aliphatic rings. The number of para-hydroxylation sites is 1. The molecule has 1 aromatic heterocycles. The van der Waals surface area contributed by atoms with Gasteiger partial charge >= 0.3 is 0 Å². The molecule has 3 aromatic rings. The van der Waals surface area contributed by atoms with Crippen LogP contribution in [0.3, 0.4) is 0 Å². The Balaban J connectivity index is 1.26. The van der Waals surface area contributed by atoms with Crippen LogP contribution in [-0.2, 0) is 9.59 Å². The van der Waals surface area contributed by atoms with Gasteiger partial charge in [0.15, 0.2) is 0 Å². The minimum Gasteiger partial charge on any atom is -0.508 e. The number of piperazine rings is 1. The van der Waals surface area contributed by atoms with E-state index in [0.717, 1.165) is 45.0 Å². The molecule has 3 amide bonds. The summed E-state index contributed by atoms with van der Waals surface area (Å²) in [6.07, 6.45) is 1.72. The number of hydrogen-bond donors (Lipinski definition) is 1. The summed E-state index contributed by atoms with van der Waals surface area (Å²) in [6.45, 7) is 6.14. The maximum atomic E-state index is 13.1. The van der Waals surface area contributed by atoms with Crippen molar-refractivity contribution in [3.8, 4) is 11.4 Å². The minimum atomic E-state index is -0.444. The summed E-state index contributed by atoms with van der Waals surface area (Å²) < 4.78 is 2.02.